The van der Waals surface area contributed by atoms with Crippen LogP contribution in [0.4, 0.5) is 11.4 Å². The van der Waals surface area contributed by atoms with Gasteiger partial charge in [-0.1, -0.05) is 44.2 Å². The summed E-state index contributed by atoms with van der Waals surface area (Å²) < 4.78 is 0. The molecule has 0 bridgehead atoms. The minimum atomic E-state index is -0.740. The first-order chi connectivity index (χ1) is 16.9. The van der Waals surface area contributed by atoms with Crippen LogP contribution in [0.1, 0.15) is 45.1 Å². The maximum atomic E-state index is 13.8. The third-order valence-electron chi connectivity index (χ3n) is 7.46. The lowest BCUT2D eigenvalue weighted by atomic mass is 9.84. The summed E-state index contributed by atoms with van der Waals surface area (Å²) in [6, 6.07) is 17.5. The van der Waals surface area contributed by atoms with Crippen LogP contribution in [0.5, 0.6) is 0 Å². The van der Waals surface area contributed by atoms with Crippen LogP contribution in [-0.4, -0.2) is 59.4 Å². The average Bonchev–Trinajstić information content (AvgIpc) is 3.11. The molecule has 2 aromatic carbocycles. The first kappa shape index (κ1) is 24.8. The number of para-hydroxylation sites is 1. The number of anilines is 2. The van der Waals surface area contributed by atoms with E-state index in [-0.39, 0.29) is 30.2 Å². The van der Waals surface area contributed by atoms with Gasteiger partial charge in [0.25, 0.3) is 5.91 Å². The highest BCUT2D eigenvalue weighted by molar-refractivity contribution is 5.99. The maximum Gasteiger partial charge on any atom is 0.250 e. The van der Waals surface area contributed by atoms with Crippen molar-refractivity contribution in [3.8, 4) is 0 Å². The molecule has 4 rings (SSSR count). The van der Waals surface area contributed by atoms with E-state index in [2.05, 4.69) is 24.1 Å². The zero-order valence-corrected chi connectivity index (χ0v) is 21.0. The fourth-order valence-corrected chi connectivity index (χ4v) is 5.41. The van der Waals surface area contributed by atoms with Gasteiger partial charge >= 0.3 is 0 Å². The number of amides is 3. The quantitative estimate of drug-likeness (QED) is 0.655. The topological polar surface area (TPSA) is 73.0 Å². The number of benzene rings is 2. The molecule has 2 heterocycles. The van der Waals surface area contributed by atoms with Crippen molar-refractivity contribution in [1.29, 1.82) is 0 Å². The predicted molar refractivity (Wildman–Crippen MR) is 138 cm³/mol. The minimum absolute atomic E-state index is 0.00571. The number of hydrogen-bond acceptors (Lipinski definition) is 4. The van der Waals surface area contributed by atoms with Gasteiger partial charge in [-0.3, -0.25) is 14.4 Å². The molecule has 0 aromatic heterocycles. The van der Waals surface area contributed by atoms with Gasteiger partial charge in [0.05, 0.1) is 6.67 Å². The third-order valence-corrected chi connectivity index (χ3v) is 7.46. The summed E-state index contributed by atoms with van der Waals surface area (Å²) in [6.45, 7) is 7.52. The first-order valence-electron chi connectivity index (χ1n) is 12.7. The Kier molecular flexibility index (Phi) is 7.43. The summed E-state index contributed by atoms with van der Waals surface area (Å²) in [5.41, 5.74) is 2.01. The zero-order chi connectivity index (χ0) is 25.0. The predicted octanol–water partition coefficient (Wildman–Crippen LogP) is 4.04. The van der Waals surface area contributed by atoms with Gasteiger partial charge < -0.3 is 20.0 Å². The zero-order valence-electron chi connectivity index (χ0n) is 21.0. The monoisotopic (exact) mass is 476 g/mol. The van der Waals surface area contributed by atoms with Crippen molar-refractivity contribution in [3.63, 3.8) is 0 Å². The lowest BCUT2D eigenvalue weighted by Gasteiger charge is -2.44. The number of piperidine rings is 1. The molecular weight excluding hydrogens is 440 g/mol. The lowest BCUT2D eigenvalue weighted by molar-refractivity contribution is -0.141. The maximum absolute atomic E-state index is 13.8. The van der Waals surface area contributed by atoms with Crippen LogP contribution in [0.2, 0.25) is 0 Å². The molecule has 0 radical (unpaired) electrons. The molecule has 2 aromatic rings. The standard InChI is InChI=1S/C28H36N4O3/c1-4-22(5-2)26(34)30-16-14-28(15-17-30)27(35)31(20-32(28)24-12-7-6-8-13-24)19-25(33)29-23-11-9-10-21(3)18-23/h6-13,18,22H,4-5,14-17,19-20H2,1-3H3,(H,29,33). The highest BCUT2D eigenvalue weighted by atomic mass is 16.2. The Balaban J connectivity index is 1.52. The average molecular weight is 477 g/mol. The van der Waals surface area contributed by atoms with Gasteiger partial charge in [-0.2, -0.15) is 0 Å². The second-order valence-corrected chi connectivity index (χ2v) is 9.70. The van der Waals surface area contributed by atoms with E-state index in [1.807, 2.05) is 66.4 Å². The Morgan fingerprint density at radius 2 is 1.69 bits per heavy atom. The van der Waals surface area contributed by atoms with Crippen LogP contribution in [0, 0.1) is 12.8 Å². The number of rotatable bonds is 7. The first-order valence-corrected chi connectivity index (χ1v) is 12.7. The SMILES string of the molecule is CCC(CC)C(=O)N1CCC2(CC1)C(=O)N(CC(=O)Nc1cccc(C)c1)CN2c1ccccc1. The highest BCUT2D eigenvalue weighted by Crippen LogP contribution is 2.39. The Morgan fingerprint density at radius 3 is 2.31 bits per heavy atom. The highest BCUT2D eigenvalue weighted by Gasteiger charge is 2.54. The van der Waals surface area contributed by atoms with Crippen molar-refractivity contribution in [2.45, 2.75) is 52.0 Å². The van der Waals surface area contributed by atoms with E-state index in [1.165, 1.54) is 0 Å². The molecule has 1 N–H and O–H groups in total. The van der Waals surface area contributed by atoms with Crippen LogP contribution in [0.15, 0.2) is 54.6 Å². The molecule has 186 valence electrons. The Hall–Kier alpha value is -3.35. The van der Waals surface area contributed by atoms with Crippen molar-refractivity contribution in [2.24, 2.45) is 5.92 Å². The van der Waals surface area contributed by atoms with Crippen molar-refractivity contribution in [2.75, 3.05) is 36.5 Å². The number of nitrogens with one attached hydrogen (secondary N) is 1. The number of carbonyl (C=O) groups is 3. The summed E-state index contributed by atoms with van der Waals surface area (Å²) in [5, 5.41) is 2.92. The molecule has 7 heteroatoms. The molecule has 0 atom stereocenters. The second-order valence-electron chi connectivity index (χ2n) is 9.70. The Bertz CT molecular complexity index is 1060. The summed E-state index contributed by atoms with van der Waals surface area (Å²) in [4.78, 5) is 45.4. The normalized spacial score (nSPS) is 17.4. The van der Waals surface area contributed by atoms with Gasteiger partial charge in [0, 0.05) is 30.4 Å². The lowest BCUT2D eigenvalue weighted by Crippen LogP contribution is -2.58. The molecule has 0 saturated carbocycles. The van der Waals surface area contributed by atoms with Crippen LogP contribution in [0.3, 0.4) is 0 Å². The Labute approximate surface area is 208 Å². The van der Waals surface area contributed by atoms with Crippen molar-refractivity contribution >= 4 is 29.1 Å². The molecule has 1 spiro atoms. The molecule has 0 unspecified atom stereocenters. The van der Waals surface area contributed by atoms with Gasteiger partial charge in [-0.25, -0.2) is 0 Å². The van der Waals surface area contributed by atoms with Gasteiger partial charge in [0.15, 0.2) is 0 Å². The van der Waals surface area contributed by atoms with Crippen LogP contribution >= 0.6 is 0 Å². The van der Waals surface area contributed by atoms with E-state index >= 15 is 0 Å². The van der Waals surface area contributed by atoms with E-state index in [1.54, 1.807) is 4.90 Å². The number of hydrogen-bond donors (Lipinski definition) is 1. The van der Waals surface area contributed by atoms with Crippen LogP contribution < -0.4 is 10.2 Å². The molecule has 3 amide bonds. The second kappa shape index (κ2) is 10.5. The van der Waals surface area contributed by atoms with E-state index < -0.39 is 5.54 Å². The molecule has 2 aliphatic rings. The number of carbonyl (C=O) groups excluding carboxylic acids is 3. The minimum Gasteiger partial charge on any atom is -0.342 e. The van der Waals surface area contributed by atoms with Gasteiger partial charge in [0.2, 0.25) is 11.8 Å². The fraction of sp³-hybridized carbons (Fsp3) is 0.464. The number of nitrogens with zero attached hydrogens (tertiary/aromatic N) is 3. The van der Waals surface area contributed by atoms with Crippen LogP contribution in [0.25, 0.3) is 0 Å². The summed E-state index contributed by atoms with van der Waals surface area (Å²) in [6.07, 6.45) is 2.77. The molecule has 2 aliphatic heterocycles. The van der Waals surface area contributed by atoms with Crippen molar-refractivity contribution in [1.82, 2.24) is 9.80 Å². The van der Waals surface area contributed by atoms with E-state index in [9.17, 15) is 14.4 Å². The number of likely N-dealkylation sites (tertiary alicyclic amines) is 1. The largest absolute Gasteiger partial charge is 0.342 e. The summed E-state index contributed by atoms with van der Waals surface area (Å²) in [7, 11) is 0. The van der Waals surface area contributed by atoms with Gasteiger partial charge in [-0.05, 0) is 62.4 Å². The summed E-state index contributed by atoms with van der Waals surface area (Å²) in [5.74, 6) is -0.0166. The van der Waals surface area contributed by atoms with Crippen molar-refractivity contribution in [3.05, 3.63) is 60.2 Å². The Morgan fingerprint density at radius 1 is 1.00 bits per heavy atom. The van der Waals surface area contributed by atoms with Gasteiger partial charge in [0.1, 0.15) is 12.1 Å². The molecule has 0 aliphatic carbocycles. The van der Waals surface area contributed by atoms with Gasteiger partial charge in [-0.15, -0.1) is 0 Å². The van der Waals surface area contributed by atoms with E-state index in [0.717, 1.165) is 29.8 Å². The fourth-order valence-electron chi connectivity index (χ4n) is 5.41. The summed E-state index contributed by atoms with van der Waals surface area (Å²) >= 11 is 0. The van der Waals surface area contributed by atoms with Crippen LogP contribution in [-0.2, 0) is 14.4 Å². The van der Waals surface area contributed by atoms with E-state index in [4.69, 9.17) is 0 Å². The molecule has 2 fully saturated rings. The molecule has 7 nitrogen and oxygen atoms in total. The molecule has 35 heavy (non-hydrogen) atoms. The van der Waals surface area contributed by atoms with Crippen molar-refractivity contribution < 1.29 is 14.4 Å². The van der Waals surface area contributed by atoms with E-state index in [0.29, 0.717) is 32.6 Å². The smallest absolute Gasteiger partial charge is 0.250 e. The molecular formula is C28H36N4O3. The number of aryl methyl sites for hydroxylation is 1. The third kappa shape index (κ3) is 5.04. The molecule has 2 saturated heterocycles.